The molecule has 3 rings (SSSR count). The Balaban J connectivity index is 1.68. The third-order valence-electron chi connectivity index (χ3n) is 6.20. The monoisotopic (exact) mass is 462 g/mol. The van der Waals surface area contributed by atoms with E-state index in [4.69, 9.17) is 0 Å². The lowest BCUT2D eigenvalue weighted by atomic mass is 10.1. The molecule has 2 fully saturated rings. The fourth-order valence-corrected chi connectivity index (χ4v) is 5.75. The zero-order chi connectivity index (χ0) is 23.1. The normalized spacial score (nSPS) is 23.3. The average molecular weight is 463 g/mol. The highest BCUT2D eigenvalue weighted by molar-refractivity contribution is 7.91. The van der Waals surface area contributed by atoms with Crippen LogP contribution in [0.2, 0.25) is 0 Å². The number of carbonyl (C=O) groups excluding carboxylic acids is 3. The third-order valence-corrected chi connectivity index (χ3v) is 7.62. The molecule has 0 aliphatic carbocycles. The van der Waals surface area contributed by atoms with Crippen LogP contribution in [-0.2, 0) is 32.0 Å². The zero-order valence-electron chi connectivity index (χ0n) is 18.9. The van der Waals surface area contributed by atoms with Gasteiger partial charge in [-0.3, -0.25) is 19.4 Å². The van der Waals surface area contributed by atoms with E-state index in [0.29, 0.717) is 37.3 Å². The van der Waals surface area contributed by atoms with E-state index >= 15 is 0 Å². The first-order valence-corrected chi connectivity index (χ1v) is 12.9. The Kier molecular flexibility index (Phi) is 8.95. The van der Waals surface area contributed by atoms with E-state index < -0.39 is 17.2 Å². The molecule has 2 unspecified atom stereocenters. The van der Waals surface area contributed by atoms with Crippen LogP contribution in [0.3, 0.4) is 0 Å². The summed E-state index contributed by atoms with van der Waals surface area (Å²) in [5.74, 6) is 0.207. The SMILES string of the molecule is CCC(NC)C(=O)N[C@H]1CCC(=O)N2CCC[C@@H](C[S+]([O-])CCc3ccccc3)N2C1=O. The van der Waals surface area contributed by atoms with Gasteiger partial charge in [-0.1, -0.05) is 48.4 Å². The van der Waals surface area contributed by atoms with Crippen LogP contribution in [0.25, 0.3) is 0 Å². The van der Waals surface area contributed by atoms with Gasteiger partial charge in [0, 0.05) is 19.4 Å². The zero-order valence-corrected chi connectivity index (χ0v) is 19.7. The molecule has 0 aromatic heterocycles. The van der Waals surface area contributed by atoms with Crippen molar-refractivity contribution in [2.24, 2.45) is 0 Å². The van der Waals surface area contributed by atoms with Gasteiger partial charge in [-0.05, 0) is 38.3 Å². The largest absolute Gasteiger partial charge is 0.616 e. The molecule has 0 radical (unpaired) electrons. The van der Waals surface area contributed by atoms with Gasteiger partial charge in [0.2, 0.25) is 11.8 Å². The van der Waals surface area contributed by atoms with Gasteiger partial charge in [-0.15, -0.1) is 0 Å². The molecule has 1 aromatic carbocycles. The van der Waals surface area contributed by atoms with Crippen molar-refractivity contribution in [3.8, 4) is 0 Å². The predicted octanol–water partition coefficient (Wildman–Crippen LogP) is 0.989. The quantitative estimate of drug-likeness (QED) is 0.533. The van der Waals surface area contributed by atoms with Gasteiger partial charge >= 0.3 is 0 Å². The van der Waals surface area contributed by atoms with Crippen molar-refractivity contribution in [1.29, 1.82) is 0 Å². The number of rotatable bonds is 9. The highest BCUT2D eigenvalue weighted by Gasteiger charge is 2.43. The summed E-state index contributed by atoms with van der Waals surface area (Å²) in [6.07, 6.45) is 3.25. The molecule has 176 valence electrons. The number of carbonyl (C=O) groups is 3. The number of likely N-dealkylation sites (N-methyl/N-ethyl adjacent to an activating group) is 1. The lowest BCUT2D eigenvalue weighted by Gasteiger charge is -2.43. The Morgan fingerprint density at radius 3 is 2.69 bits per heavy atom. The second kappa shape index (κ2) is 11.7. The average Bonchev–Trinajstić information content (AvgIpc) is 2.92. The van der Waals surface area contributed by atoms with Gasteiger partial charge in [-0.25, -0.2) is 5.01 Å². The summed E-state index contributed by atoms with van der Waals surface area (Å²) in [5.41, 5.74) is 1.13. The van der Waals surface area contributed by atoms with Crippen LogP contribution < -0.4 is 10.6 Å². The predicted molar refractivity (Wildman–Crippen MR) is 124 cm³/mol. The summed E-state index contributed by atoms with van der Waals surface area (Å²) < 4.78 is 12.9. The molecule has 2 heterocycles. The molecular formula is C23H34N4O4S. The standard InChI is InChI=1S/C23H34N4O4S/c1-3-19(24-2)22(29)25-20-11-12-21(28)26-14-7-10-18(27(26)23(20)30)16-32(31)15-13-17-8-5-4-6-9-17/h4-6,8-9,18-20,24H,3,7,10-16H2,1-2H3,(H,25,29)/t18-,19?,20-,32?/m0/s1. The van der Waals surface area contributed by atoms with E-state index in [0.717, 1.165) is 12.0 Å². The number of benzene rings is 1. The van der Waals surface area contributed by atoms with E-state index in [1.54, 1.807) is 7.05 Å². The Bertz CT molecular complexity index is 789. The molecule has 2 aliphatic heterocycles. The number of nitrogens with zero attached hydrogens (tertiary/aromatic N) is 2. The Morgan fingerprint density at radius 1 is 1.25 bits per heavy atom. The Labute approximate surface area is 193 Å². The van der Waals surface area contributed by atoms with Gasteiger partial charge in [0.15, 0.2) is 0 Å². The van der Waals surface area contributed by atoms with Crippen LogP contribution in [0.1, 0.15) is 44.6 Å². The smallest absolute Gasteiger partial charge is 0.264 e. The first-order valence-electron chi connectivity index (χ1n) is 11.4. The second-order valence-corrected chi connectivity index (χ2v) is 10.0. The maximum Gasteiger partial charge on any atom is 0.264 e. The van der Waals surface area contributed by atoms with E-state index in [1.807, 2.05) is 37.3 Å². The highest BCUT2D eigenvalue weighted by Crippen LogP contribution is 2.26. The summed E-state index contributed by atoms with van der Waals surface area (Å²) in [6.45, 7) is 2.37. The number of hydrogen-bond acceptors (Lipinski definition) is 5. The number of aryl methyl sites for hydroxylation is 1. The van der Waals surface area contributed by atoms with Gasteiger partial charge in [0.1, 0.15) is 17.5 Å². The molecule has 2 N–H and O–H groups in total. The minimum atomic E-state index is -1.13. The molecule has 9 heteroatoms. The van der Waals surface area contributed by atoms with E-state index in [-0.39, 0.29) is 42.6 Å². The topological polar surface area (TPSA) is 105 Å². The maximum absolute atomic E-state index is 13.4. The minimum absolute atomic E-state index is 0.115. The fraction of sp³-hybridized carbons (Fsp3) is 0.609. The van der Waals surface area contributed by atoms with Crippen molar-refractivity contribution in [2.75, 3.05) is 25.1 Å². The molecule has 3 amide bonds. The van der Waals surface area contributed by atoms with Gasteiger partial charge < -0.3 is 15.2 Å². The molecule has 8 nitrogen and oxygen atoms in total. The van der Waals surface area contributed by atoms with Gasteiger partial charge in [0.05, 0.1) is 12.1 Å². The highest BCUT2D eigenvalue weighted by atomic mass is 32.2. The van der Waals surface area contributed by atoms with E-state index in [2.05, 4.69) is 10.6 Å². The molecular weight excluding hydrogens is 428 g/mol. The summed E-state index contributed by atoms with van der Waals surface area (Å²) in [6, 6.07) is 8.46. The first-order chi connectivity index (χ1) is 15.4. The molecule has 0 spiro atoms. The summed E-state index contributed by atoms with van der Waals surface area (Å²) >= 11 is -1.13. The molecule has 4 atom stereocenters. The van der Waals surface area contributed by atoms with Crippen molar-refractivity contribution in [3.63, 3.8) is 0 Å². The van der Waals surface area contributed by atoms with Crippen LogP contribution in [0, 0.1) is 0 Å². The number of fused-ring (bicyclic) bond motifs is 1. The van der Waals surface area contributed by atoms with E-state index in [1.165, 1.54) is 10.0 Å². The maximum atomic E-state index is 13.4. The van der Waals surface area contributed by atoms with Crippen LogP contribution in [-0.4, -0.2) is 75.5 Å². The Morgan fingerprint density at radius 2 is 2.00 bits per heavy atom. The minimum Gasteiger partial charge on any atom is -0.616 e. The molecule has 0 bridgehead atoms. The van der Waals surface area contributed by atoms with Crippen LogP contribution >= 0.6 is 0 Å². The molecule has 0 saturated carbocycles. The van der Waals surface area contributed by atoms with Crippen molar-refractivity contribution in [3.05, 3.63) is 35.9 Å². The summed E-state index contributed by atoms with van der Waals surface area (Å²) in [5, 5.41) is 8.81. The molecule has 2 aliphatic rings. The fourth-order valence-electron chi connectivity index (χ4n) is 4.38. The van der Waals surface area contributed by atoms with Crippen LogP contribution in [0.4, 0.5) is 0 Å². The lowest BCUT2D eigenvalue weighted by Crippen LogP contribution is -2.62. The lowest BCUT2D eigenvalue weighted by molar-refractivity contribution is -0.172. The van der Waals surface area contributed by atoms with Crippen molar-refractivity contribution >= 4 is 28.9 Å². The number of amides is 3. The van der Waals surface area contributed by atoms with Crippen molar-refractivity contribution in [1.82, 2.24) is 20.7 Å². The van der Waals surface area contributed by atoms with Crippen LogP contribution in [0.15, 0.2) is 30.3 Å². The third kappa shape index (κ3) is 6.02. The summed E-state index contributed by atoms with van der Waals surface area (Å²) in [7, 11) is 1.71. The first kappa shape index (κ1) is 24.5. The van der Waals surface area contributed by atoms with Gasteiger partial charge in [-0.2, -0.15) is 0 Å². The van der Waals surface area contributed by atoms with Crippen molar-refractivity contribution in [2.45, 2.75) is 63.6 Å². The molecule has 32 heavy (non-hydrogen) atoms. The van der Waals surface area contributed by atoms with E-state index in [9.17, 15) is 18.9 Å². The van der Waals surface area contributed by atoms with Crippen molar-refractivity contribution < 1.29 is 18.9 Å². The molecule has 2 saturated heterocycles. The second-order valence-electron chi connectivity index (χ2n) is 8.39. The number of nitrogens with one attached hydrogen (secondary N) is 2. The summed E-state index contributed by atoms with van der Waals surface area (Å²) in [4.78, 5) is 38.7. The number of hydrazine groups is 1. The Hall–Kier alpha value is -2.10. The number of hydrogen-bond donors (Lipinski definition) is 2. The molecule has 1 aromatic rings. The van der Waals surface area contributed by atoms with Crippen LogP contribution in [0.5, 0.6) is 0 Å². The van der Waals surface area contributed by atoms with Gasteiger partial charge in [0.25, 0.3) is 5.91 Å².